The molecule has 0 saturated heterocycles. The molecule has 0 aromatic heterocycles. The summed E-state index contributed by atoms with van der Waals surface area (Å²) in [5.74, 6) is 0. The van der Waals surface area contributed by atoms with Gasteiger partial charge in [-0.2, -0.15) is 5.26 Å². The number of unbranched alkanes of at least 4 members (excludes halogenated alkanes) is 4. The van der Waals surface area contributed by atoms with E-state index in [9.17, 15) is 0 Å². The number of hydrogen-bond acceptors (Lipinski definition) is 2. The fourth-order valence-corrected chi connectivity index (χ4v) is 1.38. The molecule has 0 heterocycles. The Morgan fingerprint density at radius 1 is 1.14 bits per heavy atom. The Morgan fingerprint density at radius 3 is 2.43 bits per heavy atom. The Morgan fingerprint density at radius 2 is 1.86 bits per heavy atom. The van der Waals surface area contributed by atoms with E-state index in [0.29, 0.717) is 6.42 Å². The molecule has 0 fully saturated rings. The van der Waals surface area contributed by atoms with Crippen LogP contribution in [-0.2, 0) is 4.74 Å². The quantitative estimate of drug-likeness (QED) is 0.528. The van der Waals surface area contributed by atoms with E-state index >= 15 is 0 Å². The Bertz CT molecular complexity index is 151. The average Bonchev–Trinajstić information content (AvgIpc) is 2.21. The first-order valence-corrected chi connectivity index (χ1v) is 5.83. The SMILES string of the molecule is CCCCCCCOC(CC)CC#N. The maximum atomic E-state index is 8.51. The van der Waals surface area contributed by atoms with Crippen LogP contribution in [0.1, 0.15) is 58.8 Å². The van der Waals surface area contributed by atoms with Crippen molar-refractivity contribution in [3.8, 4) is 6.07 Å². The molecule has 0 amide bonds. The molecule has 0 aliphatic carbocycles. The molecule has 0 aliphatic rings. The van der Waals surface area contributed by atoms with Crippen LogP contribution in [0.3, 0.4) is 0 Å². The third-order valence-corrected chi connectivity index (χ3v) is 2.38. The summed E-state index contributed by atoms with van der Waals surface area (Å²) in [4.78, 5) is 0. The van der Waals surface area contributed by atoms with Gasteiger partial charge < -0.3 is 4.74 Å². The van der Waals surface area contributed by atoms with E-state index < -0.39 is 0 Å². The van der Waals surface area contributed by atoms with Crippen molar-refractivity contribution in [3.05, 3.63) is 0 Å². The van der Waals surface area contributed by atoms with Crippen molar-refractivity contribution in [2.24, 2.45) is 0 Å². The summed E-state index contributed by atoms with van der Waals surface area (Å²) in [7, 11) is 0. The predicted octanol–water partition coefficient (Wildman–Crippen LogP) is 3.67. The standard InChI is InChI=1S/C12H23NO/c1-3-5-6-7-8-11-14-12(4-2)9-10-13/h12H,3-9,11H2,1-2H3. The molecular formula is C12H23NO. The van der Waals surface area contributed by atoms with Gasteiger partial charge in [0.25, 0.3) is 0 Å². The van der Waals surface area contributed by atoms with E-state index in [1.807, 2.05) is 0 Å². The molecule has 0 bridgehead atoms. The van der Waals surface area contributed by atoms with Gasteiger partial charge in [0.1, 0.15) is 0 Å². The normalized spacial score (nSPS) is 12.4. The smallest absolute Gasteiger partial charge is 0.0702 e. The van der Waals surface area contributed by atoms with Gasteiger partial charge in [-0.1, -0.05) is 39.5 Å². The zero-order valence-electron chi connectivity index (χ0n) is 9.59. The summed E-state index contributed by atoms with van der Waals surface area (Å²) in [5, 5.41) is 8.51. The molecule has 2 nitrogen and oxygen atoms in total. The average molecular weight is 197 g/mol. The Kier molecular flexibility index (Phi) is 10.1. The maximum Gasteiger partial charge on any atom is 0.0702 e. The fraction of sp³-hybridized carbons (Fsp3) is 0.917. The Hall–Kier alpha value is -0.550. The first-order valence-electron chi connectivity index (χ1n) is 5.83. The van der Waals surface area contributed by atoms with E-state index in [1.165, 1.54) is 25.7 Å². The van der Waals surface area contributed by atoms with Gasteiger partial charge in [0, 0.05) is 6.61 Å². The second kappa shape index (κ2) is 10.5. The lowest BCUT2D eigenvalue weighted by molar-refractivity contribution is 0.0513. The minimum Gasteiger partial charge on any atom is -0.377 e. The number of nitrogens with zero attached hydrogens (tertiary/aromatic N) is 1. The molecule has 14 heavy (non-hydrogen) atoms. The maximum absolute atomic E-state index is 8.51. The van der Waals surface area contributed by atoms with Crippen molar-refractivity contribution in [1.82, 2.24) is 0 Å². The predicted molar refractivity (Wildman–Crippen MR) is 59.0 cm³/mol. The molecule has 0 N–H and O–H groups in total. The third kappa shape index (κ3) is 8.07. The monoisotopic (exact) mass is 197 g/mol. The summed E-state index contributed by atoms with van der Waals surface area (Å²) in [6.07, 6.45) is 7.97. The van der Waals surface area contributed by atoms with E-state index in [4.69, 9.17) is 10.00 Å². The van der Waals surface area contributed by atoms with Gasteiger partial charge >= 0.3 is 0 Å². The molecule has 0 aromatic carbocycles. The van der Waals surface area contributed by atoms with Crippen LogP contribution in [0.5, 0.6) is 0 Å². The lowest BCUT2D eigenvalue weighted by atomic mass is 10.1. The van der Waals surface area contributed by atoms with Crippen molar-refractivity contribution >= 4 is 0 Å². The van der Waals surface area contributed by atoms with Crippen molar-refractivity contribution in [2.75, 3.05) is 6.61 Å². The molecule has 2 heteroatoms. The van der Waals surface area contributed by atoms with Crippen molar-refractivity contribution in [2.45, 2.75) is 64.9 Å². The fourth-order valence-electron chi connectivity index (χ4n) is 1.38. The number of rotatable bonds is 9. The zero-order chi connectivity index (χ0) is 10.6. The van der Waals surface area contributed by atoms with Gasteiger partial charge in [0.2, 0.25) is 0 Å². The first-order chi connectivity index (χ1) is 6.85. The molecular weight excluding hydrogens is 174 g/mol. The highest BCUT2D eigenvalue weighted by Crippen LogP contribution is 2.06. The van der Waals surface area contributed by atoms with Crippen LogP contribution in [0.15, 0.2) is 0 Å². The van der Waals surface area contributed by atoms with Crippen molar-refractivity contribution in [3.63, 3.8) is 0 Å². The Balaban J connectivity index is 3.21. The van der Waals surface area contributed by atoms with E-state index in [-0.39, 0.29) is 6.10 Å². The molecule has 1 unspecified atom stereocenters. The topological polar surface area (TPSA) is 33.0 Å². The van der Waals surface area contributed by atoms with Gasteiger partial charge in [-0.3, -0.25) is 0 Å². The summed E-state index contributed by atoms with van der Waals surface area (Å²) in [5.41, 5.74) is 0. The van der Waals surface area contributed by atoms with Gasteiger partial charge in [-0.25, -0.2) is 0 Å². The first kappa shape index (κ1) is 13.4. The molecule has 1 atom stereocenters. The molecule has 82 valence electrons. The zero-order valence-corrected chi connectivity index (χ0v) is 9.59. The molecule has 0 rings (SSSR count). The van der Waals surface area contributed by atoms with Crippen molar-refractivity contribution in [1.29, 1.82) is 5.26 Å². The summed E-state index contributed by atoms with van der Waals surface area (Å²) < 4.78 is 5.59. The largest absolute Gasteiger partial charge is 0.377 e. The highest BCUT2D eigenvalue weighted by Gasteiger charge is 2.04. The lowest BCUT2D eigenvalue weighted by Gasteiger charge is -2.12. The van der Waals surface area contributed by atoms with E-state index in [2.05, 4.69) is 19.9 Å². The highest BCUT2D eigenvalue weighted by molar-refractivity contribution is 4.75. The molecule has 0 aromatic rings. The number of nitriles is 1. The van der Waals surface area contributed by atoms with E-state index in [1.54, 1.807) is 0 Å². The van der Waals surface area contributed by atoms with Crippen LogP contribution in [0.25, 0.3) is 0 Å². The minimum atomic E-state index is 0.158. The second-order valence-electron chi connectivity index (χ2n) is 3.68. The molecule has 0 radical (unpaired) electrons. The van der Waals surface area contributed by atoms with Crippen LogP contribution in [0, 0.1) is 11.3 Å². The van der Waals surface area contributed by atoms with Crippen molar-refractivity contribution < 1.29 is 4.74 Å². The summed E-state index contributed by atoms with van der Waals surface area (Å²) in [6, 6.07) is 2.15. The van der Waals surface area contributed by atoms with Gasteiger partial charge in [-0.05, 0) is 12.8 Å². The van der Waals surface area contributed by atoms with Crippen LogP contribution >= 0.6 is 0 Å². The van der Waals surface area contributed by atoms with Crippen LogP contribution < -0.4 is 0 Å². The molecule has 0 spiro atoms. The third-order valence-electron chi connectivity index (χ3n) is 2.38. The van der Waals surface area contributed by atoms with Crippen LogP contribution in [0.2, 0.25) is 0 Å². The molecule has 0 aliphatic heterocycles. The van der Waals surface area contributed by atoms with Gasteiger partial charge in [-0.15, -0.1) is 0 Å². The lowest BCUT2D eigenvalue weighted by Crippen LogP contribution is -2.11. The van der Waals surface area contributed by atoms with E-state index in [0.717, 1.165) is 19.4 Å². The second-order valence-corrected chi connectivity index (χ2v) is 3.68. The number of hydrogen-bond donors (Lipinski definition) is 0. The van der Waals surface area contributed by atoms with Gasteiger partial charge in [0.15, 0.2) is 0 Å². The number of ether oxygens (including phenoxy) is 1. The minimum absolute atomic E-state index is 0.158. The molecule has 0 saturated carbocycles. The summed E-state index contributed by atoms with van der Waals surface area (Å²) >= 11 is 0. The highest BCUT2D eigenvalue weighted by atomic mass is 16.5. The van der Waals surface area contributed by atoms with Crippen LogP contribution in [-0.4, -0.2) is 12.7 Å². The van der Waals surface area contributed by atoms with Gasteiger partial charge in [0.05, 0.1) is 18.6 Å². The Labute approximate surface area is 88.3 Å². The van der Waals surface area contributed by atoms with Crippen LogP contribution in [0.4, 0.5) is 0 Å². The summed E-state index contributed by atoms with van der Waals surface area (Å²) in [6.45, 7) is 5.11.